The molecule has 242 valence electrons. The minimum atomic E-state index is -1.74. The molecule has 1 aromatic carbocycles. The topological polar surface area (TPSA) is 283 Å². The third-order valence-electron chi connectivity index (χ3n) is 5.96. The molecule has 6 amide bonds. The number of hydrogen-bond acceptors (Lipinski definition) is 10. The van der Waals surface area contributed by atoms with Crippen LogP contribution in [0, 0.1) is 0 Å². The Morgan fingerprint density at radius 3 is 1.77 bits per heavy atom. The molecule has 0 spiro atoms. The SMILES string of the molecule is CC(=O)N[C@@H](CS)C(=O)N[C@@H](CC(=O)O)C(=O)N[C@@H](CCC(=O)O)C(=O)N[C@@H](C)C(=O)N[C@@H](Cc1ccc(O)cc1)C(N)=O. The highest BCUT2D eigenvalue weighted by Gasteiger charge is 2.32. The zero-order valence-corrected chi connectivity index (χ0v) is 24.8. The van der Waals surface area contributed by atoms with Crippen LogP contribution < -0.4 is 32.3 Å². The first-order valence-corrected chi connectivity index (χ1v) is 13.8. The number of nitrogens with two attached hydrogens (primary N) is 1. The number of thiol groups is 1. The number of aliphatic carboxylic acids is 2. The van der Waals surface area contributed by atoms with Gasteiger partial charge in [-0.05, 0) is 31.0 Å². The Balaban J connectivity index is 3.03. The summed E-state index contributed by atoms with van der Waals surface area (Å²) in [5.41, 5.74) is 5.95. The van der Waals surface area contributed by atoms with E-state index in [9.17, 15) is 48.6 Å². The molecule has 0 aliphatic heterocycles. The summed E-state index contributed by atoms with van der Waals surface area (Å²) in [6, 6.07) is -1.31. The van der Waals surface area contributed by atoms with Crippen molar-refractivity contribution < 1.29 is 53.7 Å². The molecule has 0 aliphatic carbocycles. The molecule has 0 heterocycles. The molecule has 0 unspecified atom stereocenters. The van der Waals surface area contributed by atoms with Crippen molar-refractivity contribution in [3.63, 3.8) is 0 Å². The van der Waals surface area contributed by atoms with Crippen molar-refractivity contribution in [3.8, 4) is 5.75 Å². The van der Waals surface area contributed by atoms with E-state index in [1.807, 2.05) is 0 Å². The number of primary amides is 1. The summed E-state index contributed by atoms with van der Waals surface area (Å²) in [6.07, 6.45) is -2.06. The second-order valence-corrected chi connectivity index (χ2v) is 10.0. The van der Waals surface area contributed by atoms with E-state index in [1.165, 1.54) is 31.2 Å². The van der Waals surface area contributed by atoms with Gasteiger partial charge < -0.3 is 47.6 Å². The largest absolute Gasteiger partial charge is 0.508 e. The van der Waals surface area contributed by atoms with Crippen LogP contribution in [0.4, 0.5) is 0 Å². The van der Waals surface area contributed by atoms with Gasteiger partial charge in [-0.3, -0.25) is 38.4 Å². The lowest BCUT2D eigenvalue weighted by molar-refractivity contribution is -0.141. The molecule has 0 bridgehead atoms. The molecule has 17 nitrogen and oxygen atoms in total. The molecular formula is C26H36N6O11S. The van der Waals surface area contributed by atoms with Crippen molar-refractivity contribution in [2.45, 2.75) is 69.7 Å². The third-order valence-corrected chi connectivity index (χ3v) is 6.32. The molecule has 0 radical (unpaired) electrons. The fourth-order valence-corrected chi connectivity index (χ4v) is 3.93. The Morgan fingerprint density at radius 2 is 1.27 bits per heavy atom. The summed E-state index contributed by atoms with van der Waals surface area (Å²) in [6.45, 7) is 2.37. The van der Waals surface area contributed by atoms with Crippen LogP contribution in [0.1, 0.15) is 38.7 Å². The van der Waals surface area contributed by atoms with E-state index in [4.69, 9.17) is 10.8 Å². The van der Waals surface area contributed by atoms with Crippen molar-refractivity contribution in [2.24, 2.45) is 5.73 Å². The Bertz CT molecular complexity index is 1240. The summed E-state index contributed by atoms with van der Waals surface area (Å²) in [5, 5.41) is 39.1. The minimum Gasteiger partial charge on any atom is -0.508 e. The van der Waals surface area contributed by atoms with Crippen LogP contribution in [-0.2, 0) is 44.8 Å². The number of amides is 6. The molecule has 0 aliphatic rings. The Labute approximate surface area is 257 Å². The first kappa shape index (κ1) is 37.2. The smallest absolute Gasteiger partial charge is 0.305 e. The van der Waals surface area contributed by atoms with Gasteiger partial charge in [0.15, 0.2) is 0 Å². The predicted octanol–water partition coefficient (Wildman–Crippen LogP) is -2.85. The summed E-state index contributed by atoms with van der Waals surface area (Å²) in [5.74, 6) is -8.49. The minimum absolute atomic E-state index is 0.0159. The van der Waals surface area contributed by atoms with E-state index in [0.29, 0.717) is 5.56 Å². The second-order valence-electron chi connectivity index (χ2n) is 9.65. The van der Waals surface area contributed by atoms with Crippen LogP contribution in [-0.4, -0.2) is 98.7 Å². The molecule has 5 atom stereocenters. The van der Waals surface area contributed by atoms with Crippen LogP contribution >= 0.6 is 12.6 Å². The summed E-state index contributed by atoms with van der Waals surface area (Å²) < 4.78 is 0. The number of phenolic OH excluding ortho intramolecular Hbond substituents is 1. The van der Waals surface area contributed by atoms with Gasteiger partial charge in [0, 0.05) is 25.5 Å². The molecule has 1 rings (SSSR count). The van der Waals surface area contributed by atoms with Crippen LogP contribution in [0.3, 0.4) is 0 Å². The highest BCUT2D eigenvalue weighted by molar-refractivity contribution is 7.80. The van der Waals surface area contributed by atoms with Crippen LogP contribution in [0.15, 0.2) is 24.3 Å². The highest BCUT2D eigenvalue weighted by Crippen LogP contribution is 2.11. The molecule has 0 fully saturated rings. The average molecular weight is 641 g/mol. The van der Waals surface area contributed by atoms with Gasteiger partial charge in [0.1, 0.15) is 36.0 Å². The van der Waals surface area contributed by atoms with Crippen molar-refractivity contribution >= 4 is 60.0 Å². The number of carbonyl (C=O) groups is 8. The number of hydrogen-bond donors (Lipinski definition) is 10. The maximum Gasteiger partial charge on any atom is 0.305 e. The van der Waals surface area contributed by atoms with Crippen LogP contribution in [0.2, 0.25) is 0 Å². The standard InChI is InChI=1S/C26H36N6O11S/c1-12(23(40)31-17(22(27)39)9-14-3-5-15(34)6-4-14)28-24(41)16(7-8-20(35)36)30-25(42)18(10-21(37)38)32-26(43)19(11-44)29-13(2)33/h3-6,12,16-19,34,44H,7-11H2,1-2H3,(H2,27,39)(H,28,41)(H,29,33)(H,30,42)(H,31,40)(H,32,43)(H,35,36)(H,37,38)/t12-,16-,17-,18-,19-/m0/s1. The summed E-state index contributed by atoms with van der Waals surface area (Å²) in [7, 11) is 0. The zero-order chi connectivity index (χ0) is 33.6. The van der Waals surface area contributed by atoms with Crippen LogP contribution in [0.5, 0.6) is 5.75 Å². The molecule has 10 N–H and O–H groups in total. The normalized spacial score (nSPS) is 14.0. The molecule has 18 heteroatoms. The number of carbonyl (C=O) groups excluding carboxylic acids is 6. The van der Waals surface area contributed by atoms with E-state index in [2.05, 4.69) is 39.2 Å². The van der Waals surface area contributed by atoms with Gasteiger partial charge in [0.25, 0.3) is 0 Å². The van der Waals surface area contributed by atoms with E-state index in [1.54, 1.807) is 0 Å². The van der Waals surface area contributed by atoms with Gasteiger partial charge in [0.2, 0.25) is 35.4 Å². The number of benzene rings is 1. The number of nitrogens with one attached hydrogen (secondary N) is 5. The van der Waals surface area contributed by atoms with Gasteiger partial charge in [-0.1, -0.05) is 12.1 Å². The number of phenols is 1. The Kier molecular flexibility index (Phi) is 15.1. The lowest BCUT2D eigenvalue weighted by atomic mass is 10.0. The highest BCUT2D eigenvalue weighted by atomic mass is 32.1. The molecule has 44 heavy (non-hydrogen) atoms. The second kappa shape index (κ2) is 17.9. The molecule has 0 saturated heterocycles. The quantitative estimate of drug-likeness (QED) is 0.0729. The van der Waals surface area contributed by atoms with Crippen molar-refractivity contribution in [3.05, 3.63) is 29.8 Å². The van der Waals surface area contributed by atoms with Gasteiger partial charge in [0.05, 0.1) is 6.42 Å². The lowest BCUT2D eigenvalue weighted by Gasteiger charge is -2.25. The Hall–Kier alpha value is -4.87. The maximum atomic E-state index is 13.0. The first-order valence-electron chi connectivity index (χ1n) is 13.1. The monoisotopic (exact) mass is 640 g/mol. The molecule has 0 saturated carbocycles. The van der Waals surface area contributed by atoms with E-state index < -0.39 is 96.9 Å². The molecule has 0 aromatic heterocycles. The zero-order valence-electron chi connectivity index (χ0n) is 23.9. The van der Waals surface area contributed by atoms with Gasteiger partial charge >= 0.3 is 11.9 Å². The van der Waals surface area contributed by atoms with E-state index >= 15 is 0 Å². The maximum absolute atomic E-state index is 13.0. The lowest BCUT2D eigenvalue weighted by Crippen LogP contribution is -2.59. The number of aromatic hydroxyl groups is 1. The van der Waals surface area contributed by atoms with Gasteiger partial charge in [-0.25, -0.2) is 0 Å². The fraction of sp³-hybridized carbons (Fsp3) is 0.462. The van der Waals surface area contributed by atoms with Gasteiger partial charge in [-0.2, -0.15) is 12.6 Å². The van der Waals surface area contributed by atoms with Gasteiger partial charge in [-0.15, -0.1) is 0 Å². The van der Waals surface area contributed by atoms with E-state index in [0.717, 1.165) is 6.92 Å². The first-order chi connectivity index (χ1) is 20.5. The average Bonchev–Trinajstić information content (AvgIpc) is 2.93. The number of carboxylic acid groups (broad SMARTS) is 2. The fourth-order valence-electron chi connectivity index (χ4n) is 3.67. The Morgan fingerprint density at radius 1 is 0.750 bits per heavy atom. The van der Waals surface area contributed by atoms with Crippen LogP contribution in [0.25, 0.3) is 0 Å². The summed E-state index contributed by atoms with van der Waals surface area (Å²) >= 11 is 3.94. The third kappa shape index (κ3) is 13.4. The molecule has 1 aromatic rings. The number of carboxylic acids is 2. The summed E-state index contributed by atoms with van der Waals surface area (Å²) in [4.78, 5) is 97.1. The van der Waals surface area contributed by atoms with Crippen molar-refractivity contribution in [1.29, 1.82) is 0 Å². The predicted molar refractivity (Wildman–Crippen MR) is 155 cm³/mol. The van der Waals surface area contributed by atoms with Crippen molar-refractivity contribution in [1.82, 2.24) is 26.6 Å². The number of rotatable bonds is 18. The van der Waals surface area contributed by atoms with Crippen molar-refractivity contribution in [2.75, 3.05) is 5.75 Å². The van der Waals surface area contributed by atoms with E-state index in [-0.39, 0.29) is 17.9 Å². The molecular weight excluding hydrogens is 604 g/mol.